The molecule has 3 rings (SSSR count). The average molecular weight is 334 g/mol. The molecule has 23 heavy (non-hydrogen) atoms. The lowest BCUT2D eigenvalue weighted by Crippen LogP contribution is -2.30. The van der Waals surface area contributed by atoms with Gasteiger partial charge in [0.1, 0.15) is 11.0 Å². The molecule has 0 N–H and O–H groups in total. The Balaban J connectivity index is 1.67. The van der Waals surface area contributed by atoms with Crippen molar-refractivity contribution in [2.75, 3.05) is 27.2 Å². The molecule has 1 saturated heterocycles. The molecule has 0 unspecified atom stereocenters. The first kappa shape index (κ1) is 16.4. The SMILES string of the molecule is CN(Cc1ncc(Cl)n1C)C[C@@H]1CCN(C)[C@H]1c1cccnc1. The molecule has 0 saturated carbocycles. The summed E-state index contributed by atoms with van der Waals surface area (Å²) >= 11 is 6.07. The van der Waals surface area contributed by atoms with E-state index in [0.717, 1.165) is 25.5 Å². The molecule has 2 atom stereocenters. The van der Waals surface area contributed by atoms with E-state index in [-0.39, 0.29) is 0 Å². The summed E-state index contributed by atoms with van der Waals surface area (Å²) in [6.07, 6.45) is 6.76. The Morgan fingerprint density at radius 2 is 2.17 bits per heavy atom. The molecule has 2 aromatic heterocycles. The molecule has 0 radical (unpaired) electrons. The number of halogens is 1. The summed E-state index contributed by atoms with van der Waals surface area (Å²) in [5.74, 6) is 1.60. The van der Waals surface area contributed by atoms with Crippen LogP contribution in [0.25, 0.3) is 0 Å². The van der Waals surface area contributed by atoms with Crippen LogP contribution in [0, 0.1) is 5.92 Å². The van der Waals surface area contributed by atoms with Crippen LogP contribution in [0.4, 0.5) is 0 Å². The van der Waals surface area contributed by atoms with Gasteiger partial charge in [-0.05, 0) is 44.6 Å². The molecule has 0 aromatic carbocycles. The zero-order valence-corrected chi connectivity index (χ0v) is 14.7. The highest BCUT2D eigenvalue weighted by Gasteiger charge is 2.33. The van der Waals surface area contributed by atoms with E-state index < -0.39 is 0 Å². The van der Waals surface area contributed by atoms with Gasteiger partial charge in [-0.3, -0.25) is 14.8 Å². The maximum atomic E-state index is 6.07. The molecular formula is C17H24ClN5. The lowest BCUT2D eigenvalue weighted by molar-refractivity contribution is 0.210. The zero-order chi connectivity index (χ0) is 16.4. The Hall–Kier alpha value is -1.43. The third-order valence-electron chi connectivity index (χ3n) is 4.79. The highest BCUT2D eigenvalue weighted by atomic mass is 35.5. The fraction of sp³-hybridized carbons (Fsp3) is 0.529. The third kappa shape index (κ3) is 3.57. The van der Waals surface area contributed by atoms with Gasteiger partial charge in [0.15, 0.2) is 0 Å². The van der Waals surface area contributed by atoms with E-state index >= 15 is 0 Å². The summed E-state index contributed by atoms with van der Waals surface area (Å²) in [4.78, 5) is 13.5. The van der Waals surface area contributed by atoms with E-state index in [2.05, 4.69) is 39.9 Å². The second-order valence-corrected chi connectivity index (χ2v) is 6.90. The average Bonchev–Trinajstić information content (AvgIpc) is 3.05. The summed E-state index contributed by atoms with van der Waals surface area (Å²) in [6, 6.07) is 4.65. The second-order valence-electron chi connectivity index (χ2n) is 6.51. The number of rotatable bonds is 5. The summed E-state index contributed by atoms with van der Waals surface area (Å²) in [6.45, 7) is 2.98. The van der Waals surface area contributed by atoms with Gasteiger partial charge in [0.05, 0.1) is 12.7 Å². The van der Waals surface area contributed by atoms with Gasteiger partial charge in [0.25, 0.3) is 0 Å². The molecule has 0 bridgehead atoms. The van der Waals surface area contributed by atoms with Gasteiger partial charge in [-0.2, -0.15) is 0 Å². The number of aromatic nitrogens is 3. The number of nitrogens with zero attached hydrogens (tertiary/aromatic N) is 5. The third-order valence-corrected chi connectivity index (χ3v) is 5.14. The smallest absolute Gasteiger partial charge is 0.128 e. The molecule has 5 nitrogen and oxygen atoms in total. The van der Waals surface area contributed by atoms with E-state index in [1.165, 1.54) is 12.0 Å². The molecule has 1 aliphatic heterocycles. The van der Waals surface area contributed by atoms with E-state index in [1.54, 1.807) is 6.20 Å². The molecule has 3 heterocycles. The summed E-state index contributed by atoms with van der Waals surface area (Å²) < 4.78 is 1.94. The highest BCUT2D eigenvalue weighted by Crippen LogP contribution is 2.36. The Bertz CT molecular complexity index is 642. The van der Waals surface area contributed by atoms with Crippen molar-refractivity contribution in [1.29, 1.82) is 0 Å². The van der Waals surface area contributed by atoms with E-state index in [0.29, 0.717) is 17.1 Å². The van der Waals surface area contributed by atoms with Crippen LogP contribution in [0.15, 0.2) is 30.7 Å². The predicted octanol–water partition coefficient (Wildman–Crippen LogP) is 2.59. The van der Waals surface area contributed by atoms with Crippen LogP contribution in [0.3, 0.4) is 0 Å². The van der Waals surface area contributed by atoms with Crippen molar-refractivity contribution >= 4 is 11.6 Å². The first-order valence-electron chi connectivity index (χ1n) is 8.01. The molecular weight excluding hydrogens is 310 g/mol. The van der Waals surface area contributed by atoms with Crippen molar-refractivity contribution < 1.29 is 0 Å². The van der Waals surface area contributed by atoms with Crippen LogP contribution in [0.5, 0.6) is 0 Å². The number of hydrogen-bond donors (Lipinski definition) is 0. The molecule has 0 aliphatic carbocycles. The van der Waals surface area contributed by atoms with Crippen LogP contribution in [0.2, 0.25) is 5.15 Å². The normalized spacial score (nSPS) is 22.1. The minimum atomic E-state index is 0.441. The predicted molar refractivity (Wildman–Crippen MR) is 92.3 cm³/mol. The zero-order valence-electron chi connectivity index (χ0n) is 14.0. The topological polar surface area (TPSA) is 37.2 Å². The lowest BCUT2D eigenvalue weighted by Gasteiger charge is -2.28. The fourth-order valence-electron chi connectivity index (χ4n) is 3.57. The Labute approximate surface area is 142 Å². The van der Waals surface area contributed by atoms with Crippen molar-refractivity contribution in [3.8, 4) is 0 Å². The first-order valence-corrected chi connectivity index (χ1v) is 8.39. The van der Waals surface area contributed by atoms with Crippen molar-refractivity contribution in [2.45, 2.75) is 19.0 Å². The van der Waals surface area contributed by atoms with Crippen LogP contribution in [0.1, 0.15) is 23.9 Å². The second kappa shape index (κ2) is 6.99. The Morgan fingerprint density at radius 1 is 1.35 bits per heavy atom. The number of likely N-dealkylation sites (tertiary alicyclic amines) is 1. The molecule has 124 valence electrons. The lowest BCUT2D eigenvalue weighted by atomic mass is 9.94. The number of hydrogen-bond acceptors (Lipinski definition) is 4. The van der Waals surface area contributed by atoms with Crippen molar-refractivity contribution in [3.63, 3.8) is 0 Å². The highest BCUT2D eigenvalue weighted by molar-refractivity contribution is 6.29. The van der Waals surface area contributed by atoms with E-state index in [4.69, 9.17) is 11.6 Å². The number of pyridine rings is 1. The quantitative estimate of drug-likeness (QED) is 0.843. The van der Waals surface area contributed by atoms with Crippen LogP contribution in [-0.2, 0) is 13.6 Å². The maximum Gasteiger partial charge on any atom is 0.128 e. The summed E-state index contributed by atoms with van der Waals surface area (Å²) in [5.41, 5.74) is 1.31. The van der Waals surface area contributed by atoms with Crippen molar-refractivity contribution in [3.05, 3.63) is 47.3 Å². The molecule has 1 fully saturated rings. The van der Waals surface area contributed by atoms with Crippen molar-refractivity contribution in [2.24, 2.45) is 13.0 Å². The van der Waals surface area contributed by atoms with Crippen LogP contribution < -0.4 is 0 Å². The minimum Gasteiger partial charge on any atom is -0.321 e. The van der Waals surface area contributed by atoms with Crippen LogP contribution in [-0.4, -0.2) is 51.5 Å². The monoisotopic (exact) mass is 333 g/mol. The standard InChI is InChI=1S/C17H24ClN5/c1-21(12-16-20-10-15(18)23(16)3)11-14-6-8-22(2)17(14)13-5-4-7-19-9-13/h4-5,7,9-10,14,17H,6,8,11-12H2,1-3H3/t14-,17-/m0/s1. The van der Waals surface area contributed by atoms with Gasteiger partial charge >= 0.3 is 0 Å². The molecule has 6 heteroatoms. The molecule has 2 aromatic rings. The van der Waals surface area contributed by atoms with Gasteiger partial charge in [-0.25, -0.2) is 4.98 Å². The summed E-state index contributed by atoms with van der Waals surface area (Å²) in [5, 5.41) is 0.683. The fourth-order valence-corrected chi connectivity index (χ4v) is 3.72. The van der Waals surface area contributed by atoms with E-state index in [9.17, 15) is 0 Å². The van der Waals surface area contributed by atoms with Crippen molar-refractivity contribution in [1.82, 2.24) is 24.3 Å². The summed E-state index contributed by atoms with van der Waals surface area (Å²) in [7, 11) is 6.32. The minimum absolute atomic E-state index is 0.441. The molecule has 0 amide bonds. The Morgan fingerprint density at radius 3 is 2.83 bits per heavy atom. The van der Waals surface area contributed by atoms with Gasteiger partial charge in [0, 0.05) is 32.0 Å². The number of imidazole rings is 1. The van der Waals surface area contributed by atoms with E-state index in [1.807, 2.05) is 30.1 Å². The first-order chi connectivity index (χ1) is 11.1. The maximum absolute atomic E-state index is 6.07. The van der Waals surface area contributed by atoms with Gasteiger partial charge in [-0.1, -0.05) is 17.7 Å². The Kier molecular flexibility index (Phi) is 4.99. The van der Waals surface area contributed by atoms with Gasteiger partial charge in [0.2, 0.25) is 0 Å². The molecule has 0 spiro atoms. The van der Waals surface area contributed by atoms with Gasteiger partial charge < -0.3 is 4.57 Å². The largest absolute Gasteiger partial charge is 0.321 e. The van der Waals surface area contributed by atoms with Crippen LogP contribution >= 0.6 is 11.6 Å². The molecule has 1 aliphatic rings. The van der Waals surface area contributed by atoms with Gasteiger partial charge in [-0.15, -0.1) is 0 Å².